The molecule has 0 radical (unpaired) electrons. The summed E-state index contributed by atoms with van der Waals surface area (Å²) in [7, 11) is 3.41. The van der Waals surface area contributed by atoms with Gasteiger partial charge in [-0.05, 0) is 17.7 Å². The van der Waals surface area contributed by atoms with Gasteiger partial charge < -0.3 is 9.64 Å². The molecular weight excluding hydrogens is 222 g/mol. The Hall–Kier alpha value is -1.00. The van der Waals surface area contributed by atoms with Crippen LogP contribution in [0.3, 0.4) is 0 Å². The molecule has 0 aromatic heterocycles. The summed E-state index contributed by atoms with van der Waals surface area (Å²) in [4.78, 5) is 14.3. The van der Waals surface area contributed by atoms with Crippen LogP contribution in [0, 0.1) is 0 Å². The van der Waals surface area contributed by atoms with Crippen LogP contribution in [0.15, 0.2) is 29.2 Å². The fraction of sp³-hybridized carbons (Fsp3) is 0.417. The number of thiol groups is 1. The zero-order chi connectivity index (χ0) is 12.0. The maximum atomic E-state index is 11.8. The lowest BCUT2D eigenvalue weighted by Gasteiger charge is -2.16. The molecule has 88 valence electrons. The van der Waals surface area contributed by atoms with Crippen LogP contribution in [0.5, 0.6) is 0 Å². The molecule has 16 heavy (non-hydrogen) atoms. The minimum absolute atomic E-state index is 0.101. The highest BCUT2D eigenvalue weighted by Gasteiger charge is 2.08. The SMILES string of the molecule is COCCN(C)C(=O)Cc1ccc(S)cc1. The quantitative estimate of drug-likeness (QED) is 0.791. The zero-order valence-corrected chi connectivity index (χ0v) is 10.5. The Kier molecular flexibility index (Phi) is 5.35. The topological polar surface area (TPSA) is 29.5 Å². The lowest BCUT2D eigenvalue weighted by Crippen LogP contribution is -2.31. The van der Waals surface area contributed by atoms with Crippen molar-refractivity contribution >= 4 is 18.5 Å². The number of likely N-dealkylation sites (N-methyl/N-ethyl adjacent to an activating group) is 1. The van der Waals surface area contributed by atoms with Gasteiger partial charge in [0.2, 0.25) is 5.91 Å². The molecule has 1 aromatic rings. The van der Waals surface area contributed by atoms with Crippen molar-refractivity contribution in [1.82, 2.24) is 4.90 Å². The Morgan fingerprint density at radius 3 is 2.56 bits per heavy atom. The highest BCUT2D eigenvalue weighted by molar-refractivity contribution is 7.80. The minimum Gasteiger partial charge on any atom is -0.383 e. The first-order valence-electron chi connectivity index (χ1n) is 5.14. The third-order valence-corrected chi connectivity index (χ3v) is 2.65. The van der Waals surface area contributed by atoms with E-state index in [0.29, 0.717) is 19.6 Å². The molecule has 3 nitrogen and oxygen atoms in total. The summed E-state index contributed by atoms with van der Waals surface area (Å²) in [5, 5.41) is 0. The summed E-state index contributed by atoms with van der Waals surface area (Å²) >= 11 is 4.20. The summed E-state index contributed by atoms with van der Waals surface area (Å²) in [6, 6.07) is 7.62. The molecule has 0 bridgehead atoms. The molecule has 0 aliphatic rings. The van der Waals surface area contributed by atoms with E-state index in [4.69, 9.17) is 4.74 Å². The van der Waals surface area contributed by atoms with Gasteiger partial charge in [-0.2, -0.15) is 0 Å². The van der Waals surface area contributed by atoms with Crippen molar-refractivity contribution in [1.29, 1.82) is 0 Å². The van der Waals surface area contributed by atoms with Crippen molar-refractivity contribution in [2.75, 3.05) is 27.3 Å². The van der Waals surface area contributed by atoms with Crippen molar-refractivity contribution < 1.29 is 9.53 Å². The van der Waals surface area contributed by atoms with Crippen LogP contribution in [-0.4, -0.2) is 38.1 Å². The van der Waals surface area contributed by atoms with Gasteiger partial charge in [0.05, 0.1) is 13.0 Å². The number of ether oxygens (including phenoxy) is 1. The van der Waals surface area contributed by atoms with E-state index in [2.05, 4.69) is 12.6 Å². The monoisotopic (exact) mass is 239 g/mol. The van der Waals surface area contributed by atoms with Gasteiger partial charge in [-0.3, -0.25) is 4.79 Å². The van der Waals surface area contributed by atoms with Gasteiger partial charge in [-0.25, -0.2) is 0 Å². The van der Waals surface area contributed by atoms with Crippen LogP contribution in [0.1, 0.15) is 5.56 Å². The van der Waals surface area contributed by atoms with Crippen LogP contribution in [0.2, 0.25) is 0 Å². The Balaban J connectivity index is 2.47. The average molecular weight is 239 g/mol. The number of hydrogen-bond donors (Lipinski definition) is 1. The molecule has 0 N–H and O–H groups in total. The van der Waals surface area contributed by atoms with Gasteiger partial charge in [0.1, 0.15) is 0 Å². The molecule has 1 amide bonds. The lowest BCUT2D eigenvalue weighted by atomic mass is 10.1. The first-order valence-corrected chi connectivity index (χ1v) is 5.59. The highest BCUT2D eigenvalue weighted by atomic mass is 32.1. The van der Waals surface area contributed by atoms with Crippen LogP contribution >= 0.6 is 12.6 Å². The van der Waals surface area contributed by atoms with Gasteiger partial charge in [0.15, 0.2) is 0 Å². The highest BCUT2D eigenvalue weighted by Crippen LogP contribution is 2.08. The van der Waals surface area contributed by atoms with E-state index in [9.17, 15) is 4.79 Å². The Morgan fingerprint density at radius 2 is 2.00 bits per heavy atom. The molecule has 1 aromatic carbocycles. The van der Waals surface area contributed by atoms with Gasteiger partial charge in [-0.1, -0.05) is 12.1 Å². The van der Waals surface area contributed by atoms with Gasteiger partial charge >= 0.3 is 0 Å². The molecule has 0 fully saturated rings. The van der Waals surface area contributed by atoms with Crippen LogP contribution in [-0.2, 0) is 16.0 Å². The largest absolute Gasteiger partial charge is 0.383 e. The zero-order valence-electron chi connectivity index (χ0n) is 9.64. The Bertz CT molecular complexity index is 337. The number of nitrogens with zero attached hydrogens (tertiary/aromatic N) is 1. The Labute approximate surface area is 102 Å². The van der Waals surface area contributed by atoms with E-state index in [1.54, 1.807) is 19.1 Å². The first-order chi connectivity index (χ1) is 7.63. The van der Waals surface area contributed by atoms with E-state index in [1.807, 2.05) is 24.3 Å². The predicted molar refractivity (Wildman–Crippen MR) is 66.9 cm³/mol. The lowest BCUT2D eigenvalue weighted by molar-refractivity contribution is -0.129. The normalized spacial score (nSPS) is 10.2. The van der Waals surface area contributed by atoms with Crippen molar-refractivity contribution in [3.63, 3.8) is 0 Å². The number of carbonyl (C=O) groups excluding carboxylic acids is 1. The number of methoxy groups -OCH3 is 1. The molecule has 0 saturated heterocycles. The standard InChI is InChI=1S/C12H17NO2S/c1-13(7-8-15-2)12(14)9-10-3-5-11(16)6-4-10/h3-6,16H,7-9H2,1-2H3. The summed E-state index contributed by atoms with van der Waals surface area (Å²) in [5.74, 6) is 0.101. The van der Waals surface area contributed by atoms with Crippen molar-refractivity contribution in [3.8, 4) is 0 Å². The fourth-order valence-corrected chi connectivity index (χ4v) is 1.43. The van der Waals surface area contributed by atoms with Gasteiger partial charge in [0, 0.05) is 25.6 Å². The molecule has 0 aliphatic heterocycles. The van der Waals surface area contributed by atoms with Crippen molar-refractivity contribution in [2.45, 2.75) is 11.3 Å². The Morgan fingerprint density at radius 1 is 1.38 bits per heavy atom. The van der Waals surface area contributed by atoms with Crippen LogP contribution < -0.4 is 0 Å². The number of benzene rings is 1. The third-order valence-electron chi connectivity index (χ3n) is 2.35. The summed E-state index contributed by atoms with van der Waals surface area (Å²) < 4.78 is 4.92. The number of amides is 1. The van der Waals surface area contributed by atoms with Crippen molar-refractivity contribution in [2.24, 2.45) is 0 Å². The summed E-state index contributed by atoms with van der Waals surface area (Å²) in [5.41, 5.74) is 1.01. The van der Waals surface area contributed by atoms with E-state index < -0.39 is 0 Å². The van der Waals surface area contributed by atoms with E-state index in [-0.39, 0.29) is 5.91 Å². The molecule has 0 unspecified atom stereocenters. The summed E-state index contributed by atoms with van der Waals surface area (Å²) in [6.45, 7) is 1.19. The van der Waals surface area contributed by atoms with E-state index in [1.165, 1.54) is 0 Å². The molecule has 0 heterocycles. The van der Waals surface area contributed by atoms with E-state index >= 15 is 0 Å². The maximum absolute atomic E-state index is 11.8. The van der Waals surface area contributed by atoms with Gasteiger partial charge in [-0.15, -0.1) is 12.6 Å². The molecule has 4 heteroatoms. The van der Waals surface area contributed by atoms with Gasteiger partial charge in [0.25, 0.3) is 0 Å². The van der Waals surface area contributed by atoms with Crippen molar-refractivity contribution in [3.05, 3.63) is 29.8 Å². The molecule has 0 saturated carbocycles. The second kappa shape index (κ2) is 6.55. The minimum atomic E-state index is 0.101. The summed E-state index contributed by atoms with van der Waals surface area (Å²) in [6.07, 6.45) is 0.425. The second-order valence-electron chi connectivity index (χ2n) is 3.65. The molecule has 0 aliphatic carbocycles. The molecule has 1 rings (SSSR count). The smallest absolute Gasteiger partial charge is 0.226 e. The van der Waals surface area contributed by atoms with Crippen LogP contribution in [0.4, 0.5) is 0 Å². The fourth-order valence-electron chi connectivity index (χ4n) is 1.28. The first kappa shape index (κ1) is 13.1. The number of rotatable bonds is 5. The molecular formula is C12H17NO2S. The molecule has 0 spiro atoms. The number of hydrogen-bond acceptors (Lipinski definition) is 3. The number of carbonyl (C=O) groups is 1. The average Bonchev–Trinajstić information content (AvgIpc) is 2.29. The van der Waals surface area contributed by atoms with E-state index in [0.717, 1.165) is 10.5 Å². The maximum Gasteiger partial charge on any atom is 0.226 e. The predicted octanol–water partition coefficient (Wildman–Crippen LogP) is 1.62. The molecule has 0 atom stereocenters. The second-order valence-corrected chi connectivity index (χ2v) is 4.17. The van der Waals surface area contributed by atoms with Crippen LogP contribution in [0.25, 0.3) is 0 Å². The third kappa shape index (κ3) is 4.24.